The molecule has 2 unspecified atom stereocenters. The molecular formula is C9H15NO3. The first-order valence-corrected chi connectivity index (χ1v) is 4.35. The van der Waals surface area contributed by atoms with Gasteiger partial charge >= 0.3 is 5.97 Å². The van der Waals surface area contributed by atoms with E-state index >= 15 is 0 Å². The Balaban J connectivity index is 2.66. The van der Waals surface area contributed by atoms with Gasteiger partial charge in [0.05, 0.1) is 13.2 Å². The molecule has 0 amide bonds. The average molecular weight is 185 g/mol. The van der Waals surface area contributed by atoms with E-state index in [-0.39, 0.29) is 12.6 Å². The molecule has 1 aliphatic rings. The first kappa shape index (κ1) is 10.2. The standard InChI is InChI=1S/C9H15NO3/c1-3-7(2)10-4-5-13-6-8(10)9(11)12/h3,7-8H,1,4-6H2,2H3,(H,11,12). The van der Waals surface area contributed by atoms with E-state index in [1.807, 2.05) is 11.8 Å². The van der Waals surface area contributed by atoms with Crippen LogP contribution in [0.4, 0.5) is 0 Å². The Kier molecular flexibility index (Phi) is 3.45. The van der Waals surface area contributed by atoms with Crippen LogP contribution in [0.3, 0.4) is 0 Å². The van der Waals surface area contributed by atoms with Crippen molar-refractivity contribution < 1.29 is 14.6 Å². The molecule has 0 aliphatic carbocycles. The Morgan fingerprint density at radius 2 is 2.54 bits per heavy atom. The largest absolute Gasteiger partial charge is 0.480 e. The van der Waals surface area contributed by atoms with Crippen LogP contribution in [0, 0.1) is 0 Å². The average Bonchev–Trinajstić information content (AvgIpc) is 2.16. The molecule has 0 aromatic rings. The summed E-state index contributed by atoms with van der Waals surface area (Å²) in [5.41, 5.74) is 0. The van der Waals surface area contributed by atoms with Crippen LogP contribution in [-0.2, 0) is 9.53 Å². The van der Waals surface area contributed by atoms with Gasteiger partial charge in [-0.2, -0.15) is 0 Å². The van der Waals surface area contributed by atoms with Crippen molar-refractivity contribution >= 4 is 5.97 Å². The minimum absolute atomic E-state index is 0.0880. The minimum atomic E-state index is -0.826. The Morgan fingerprint density at radius 1 is 1.85 bits per heavy atom. The van der Waals surface area contributed by atoms with Crippen molar-refractivity contribution in [3.8, 4) is 0 Å². The molecule has 1 aliphatic heterocycles. The molecule has 74 valence electrons. The van der Waals surface area contributed by atoms with Gasteiger partial charge < -0.3 is 9.84 Å². The van der Waals surface area contributed by atoms with Crippen molar-refractivity contribution in [2.75, 3.05) is 19.8 Å². The summed E-state index contributed by atoms with van der Waals surface area (Å²) in [5.74, 6) is -0.826. The van der Waals surface area contributed by atoms with Crippen molar-refractivity contribution in [1.29, 1.82) is 0 Å². The van der Waals surface area contributed by atoms with Gasteiger partial charge in [0.2, 0.25) is 0 Å². The third-order valence-electron chi connectivity index (χ3n) is 2.32. The first-order chi connectivity index (χ1) is 6.16. The number of carboxylic acids is 1. The summed E-state index contributed by atoms with van der Waals surface area (Å²) in [6, 6.07) is -0.438. The molecule has 0 spiro atoms. The molecule has 0 aromatic carbocycles. The van der Waals surface area contributed by atoms with Crippen molar-refractivity contribution in [2.45, 2.75) is 19.0 Å². The first-order valence-electron chi connectivity index (χ1n) is 4.35. The lowest BCUT2D eigenvalue weighted by Gasteiger charge is -2.35. The molecule has 0 saturated carbocycles. The van der Waals surface area contributed by atoms with E-state index in [0.717, 1.165) is 0 Å². The Labute approximate surface area is 77.8 Å². The van der Waals surface area contributed by atoms with Crippen molar-refractivity contribution in [1.82, 2.24) is 4.90 Å². The maximum atomic E-state index is 10.8. The van der Waals surface area contributed by atoms with Crippen LogP contribution < -0.4 is 0 Å². The number of ether oxygens (including phenoxy) is 1. The summed E-state index contributed by atoms with van der Waals surface area (Å²) < 4.78 is 5.11. The van der Waals surface area contributed by atoms with Gasteiger partial charge in [-0.3, -0.25) is 9.69 Å². The van der Waals surface area contributed by atoms with E-state index in [1.54, 1.807) is 6.08 Å². The summed E-state index contributed by atoms with van der Waals surface area (Å²) in [4.78, 5) is 12.7. The van der Waals surface area contributed by atoms with Crippen LogP contribution in [0.2, 0.25) is 0 Å². The SMILES string of the molecule is C=CC(C)N1CCOCC1C(=O)O. The van der Waals surface area contributed by atoms with Crippen LogP contribution in [0.1, 0.15) is 6.92 Å². The summed E-state index contributed by atoms with van der Waals surface area (Å²) in [5, 5.41) is 8.90. The predicted molar refractivity (Wildman–Crippen MR) is 48.6 cm³/mol. The quantitative estimate of drug-likeness (QED) is 0.644. The summed E-state index contributed by atoms with van der Waals surface area (Å²) in [6.45, 7) is 7.12. The molecule has 1 rings (SSSR count). The minimum Gasteiger partial charge on any atom is -0.480 e. The molecule has 4 nitrogen and oxygen atoms in total. The van der Waals surface area contributed by atoms with Gasteiger partial charge in [-0.05, 0) is 6.92 Å². The highest BCUT2D eigenvalue weighted by atomic mass is 16.5. The maximum Gasteiger partial charge on any atom is 0.323 e. The van der Waals surface area contributed by atoms with Crippen LogP contribution in [0.25, 0.3) is 0 Å². The van der Waals surface area contributed by atoms with Crippen LogP contribution >= 0.6 is 0 Å². The third-order valence-corrected chi connectivity index (χ3v) is 2.32. The second-order valence-corrected chi connectivity index (χ2v) is 3.14. The highest BCUT2D eigenvalue weighted by molar-refractivity contribution is 5.73. The van der Waals surface area contributed by atoms with Crippen LogP contribution in [0.15, 0.2) is 12.7 Å². The molecule has 1 fully saturated rings. The van der Waals surface area contributed by atoms with E-state index in [1.165, 1.54) is 0 Å². The van der Waals surface area contributed by atoms with Gasteiger partial charge in [0.15, 0.2) is 0 Å². The lowest BCUT2D eigenvalue weighted by atomic mass is 10.1. The van der Waals surface area contributed by atoms with Crippen molar-refractivity contribution in [3.63, 3.8) is 0 Å². The molecule has 2 atom stereocenters. The molecule has 1 N–H and O–H groups in total. The van der Waals surface area contributed by atoms with E-state index in [9.17, 15) is 4.79 Å². The zero-order valence-corrected chi connectivity index (χ0v) is 7.77. The van der Waals surface area contributed by atoms with Crippen LogP contribution in [0.5, 0.6) is 0 Å². The van der Waals surface area contributed by atoms with Gasteiger partial charge in [-0.25, -0.2) is 0 Å². The smallest absolute Gasteiger partial charge is 0.323 e. The third kappa shape index (κ3) is 2.29. The van der Waals surface area contributed by atoms with Crippen LogP contribution in [-0.4, -0.2) is 47.8 Å². The van der Waals surface area contributed by atoms with E-state index in [0.29, 0.717) is 13.2 Å². The van der Waals surface area contributed by atoms with Gasteiger partial charge in [0.25, 0.3) is 0 Å². The number of nitrogens with zero attached hydrogens (tertiary/aromatic N) is 1. The monoisotopic (exact) mass is 185 g/mol. The Bertz CT molecular complexity index is 205. The van der Waals surface area contributed by atoms with E-state index < -0.39 is 12.0 Å². The molecule has 0 radical (unpaired) electrons. The number of carboxylic acid groups (broad SMARTS) is 1. The van der Waals surface area contributed by atoms with E-state index in [4.69, 9.17) is 9.84 Å². The second kappa shape index (κ2) is 4.39. The fraction of sp³-hybridized carbons (Fsp3) is 0.667. The van der Waals surface area contributed by atoms with Gasteiger partial charge in [0.1, 0.15) is 6.04 Å². The lowest BCUT2D eigenvalue weighted by molar-refractivity contribution is -0.150. The number of carbonyl (C=O) groups is 1. The zero-order chi connectivity index (χ0) is 9.84. The van der Waals surface area contributed by atoms with Gasteiger partial charge in [-0.15, -0.1) is 6.58 Å². The molecule has 0 bridgehead atoms. The summed E-state index contributed by atoms with van der Waals surface area (Å²) >= 11 is 0. The molecule has 4 heteroatoms. The summed E-state index contributed by atoms with van der Waals surface area (Å²) in [6.07, 6.45) is 1.75. The fourth-order valence-corrected chi connectivity index (χ4v) is 1.45. The normalized spacial score (nSPS) is 26.7. The Morgan fingerprint density at radius 3 is 3.08 bits per heavy atom. The van der Waals surface area contributed by atoms with Crippen molar-refractivity contribution in [3.05, 3.63) is 12.7 Å². The molecule has 0 aromatic heterocycles. The molecule has 1 heterocycles. The highest BCUT2D eigenvalue weighted by Crippen LogP contribution is 2.11. The predicted octanol–water partition coefficient (Wildman–Crippen LogP) is 0.346. The second-order valence-electron chi connectivity index (χ2n) is 3.14. The van der Waals surface area contributed by atoms with E-state index in [2.05, 4.69) is 6.58 Å². The lowest BCUT2D eigenvalue weighted by Crippen LogP contribution is -2.52. The Hall–Kier alpha value is -0.870. The van der Waals surface area contributed by atoms with Gasteiger partial charge in [0, 0.05) is 12.6 Å². The number of aliphatic carboxylic acids is 1. The number of hydrogen-bond acceptors (Lipinski definition) is 3. The highest BCUT2D eigenvalue weighted by Gasteiger charge is 2.31. The number of rotatable bonds is 3. The molecule has 1 saturated heterocycles. The number of morpholine rings is 1. The number of hydrogen-bond donors (Lipinski definition) is 1. The fourth-order valence-electron chi connectivity index (χ4n) is 1.45. The molecular weight excluding hydrogens is 170 g/mol. The topological polar surface area (TPSA) is 49.8 Å². The van der Waals surface area contributed by atoms with Crippen molar-refractivity contribution in [2.24, 2.45) is 0 Å². The van der Waals surface area contributed by atoms with Gasteiger partial charge in [-0.1, -0.05) is 6.08 Å². The zero-order valence-electron chi connectivity index (χ0n) is 7.77. The maximum absolute atomic E-state index is 10.8. The molecule has 13 heavy (non-hydrogen) atoms. The summed E-state index contributed by atoms with van der Waals surface area (Å²) in [7, 11) is 0.